The van der Waals surface area contributed by atoms with E-state index in [2.05, 4.69) is 0 Å². The van der Waals surface area contributed by atoms with Crippen LogP contribution in [-0.2, 0) is 10.3 Å². The molecule has 1 heterocycles. The third kappa shape index (κ3) is 2.58. The fraction of sp³-hybridized carbons (Fsp3) is 0. The molecule has 1 fully saturated rings. The van der Waals surface area contributed by atoms with Gasteiger partial charge in [0.25, 0.3) is 0 Å². The van der Waals surface area contributed by atoms with E-state index in [1.807, 2.05) is 78.9 Å². The van der Waals surface area contributed by atoms with Crippen LogP contribution in [0.3, 0.4) is 0 Å². The summed E-state index contributed by atoms with van der Waals surface area (Å²) >= 11 is -3.78. The molecule has 0 unspecified atom stereocenters. The summed E-state index contributed by atoms with van der Waals surface area (Å²) < 4.78 is 27.5. The van der Waals surface area contributed by atoms with E-state index in [0.717, 1.165) is 7.16 Å². The van der Waals surface area contributed by atoms with Gasteiger partial charge in [-0.1, -0.05) is 0 Å². The first-order valence-corrected chi connectivity index (χ1v) is 14.1. The molecular formula is C18H15O3PSn. The number of benzene rings is 3. The Kier molecular flexibility index (Phi) is 3.90. The van der Waals surface area contributed by atoms with Gasteiger partial charge in [0.05, 0.1) is 0 Å². The van der Waals surface area contributed by atoms with Gasteiger partial charge in [0.1, 0.15) is 0 Å². The molecule has 3 aromatic rings. The Labute approximate surface area is 140 Å². The second kappa shape index (κ2) is 5.91. The molecule has 0 amide bonds. The van der Waals surface area contributed by atoms with Crippen LogP contribution in [0, 0.1) is 0 Å². The summed E-state index contributed by atoms with van der Waals surface area (Å²) in [4.78, 5) is 0. The molecule has 23 heavy (non-hydrogen) atoms. The molecule has 1 saturated heterocycles. The van der Waals surface area contributed by atoms with Crippen molar-refractivity contribution in [3.8, 4) is 0 Å². The number of hydrogen-bond donors (Lipinski definition) is 0. The first-order chi connectivity index (χ1) is 11.2. The summed E-state index contributed by atoms with van der Waals surface area (Å²) in [6.07, 6.45) is 0. The van der Waals surface area contributed by atoms with E-state index in [1.165, 1.54) is 0 Å². The van der Waals surface area contributed by atoms with Gasteiger partial charge in [-0.15, -0.1) is 0 Å². The maximum absolute atomic E-state index is 13.0. The molecular weight excluding hydrogens is 414 g/mol. The summed E-state index contributed by atoms with van der Waals surface area (Å²) in [6, 6.07) is 29.0. The first-order valence-electron chi connectivity index (χ1n) is 7.41. The zero-order chi connectivity index (χ0) is 15.8. The summed E-state index contributed by atoms with van der Waals surface area (Å²) in [6.45, 7) is 0. The first kappa shape index (κ1) is 15.2. The van der Waals surface area contributed by atoms with Crippen LogP contribution in [0.4, 0.5) is 0 Å². The van der Waals surface area contributed by atoms with Crippen molar-refractivity contribution in [1.82, 2.24) is 0 Å². The van der Waals surface area contributed by atoms with Gasteiger partial charge in [-0.2, -0.15) is 0 Å². The molecule has 1 aliphatic heterocycles. The Hall–Kier alpha value is -1.39. The fourth-order valence-electron chi connectivity index (χ4n) is 2.75. The molecule has 114 valence electrons. The Morgan fingerprint density at radius 1 is 0.609 bits per heavy atom. The van der Waals surface area contributed by atoms with Crippen LogP contribution < -0.4 is 12.5 Å². The Bertz CT molecular complexity index is 802. The molecule has 5 heteroatoms. The zero-order valence-electron chi connectivity index (χ0n) is 12.3. The SMILES string of the molecule is O=P1(c2ccccc2)[O][Sn]([c]2ccccc2)([c]2ccccc2)[O]1. The predicted octanol–water partition coefficient (Wildman–Crippen LogP) is 2.81. The van der Waals surface area contributed by atoms with E-state index in [1.54, 1.807) is 12.1 Å². The molecule has 0 spiro atoms. The zero-order valence-corrected chi connectivity index (χ0v) is 16.1. The quantitative estimate of drug-likeness (QED) is 0.475. The van der Waals surface area contributed by atoms with Gasteiger partial charge >= 0.3 is 141 Å². The molecule has 3 nitrogen and oxygen atoms in total. The van der Waals surface area contributed by atoms with Gasteiger partial charge in [-0.25, -0.2) is 0 Å². The molecule has 1 aliphatic rings. The van der Waals surface area contributed by atoms with Gasteiger partial charge in [-0.3, -0.25) is 0 Å². The summed E-state index contributed by atoms with van der Waals surface area (Å²) in [5.74, 6) is 0. The number of rotatable bonds is 3. The van der Waals surface area contributed by atoms with Gasteiger partial charge in [-0.05, 0) is 0 Å². The Balaban J connectivity index is 1.78. The second-order valence-electron chi connectivity index (χ2n) is 5.36. The van der Waals surface area contributed by atoms with Crippen LogP contribution in [0.15, 0.2) is 91.0 Å². The second-order valence-corrected chi connectivity index (χ2v) is 17.2. The van der Waals surface area contributed by atoms with Crippen LogP contribution in [0.1, 0.15) is 0 Å². The van der Waals surface area contributed by atoms with Crippen molar-refractivity contribution in [2.45, 2.75) is 0 Å². The molecule has 3 aromatic carbocycles. The summed E-state index contributed by atoms with van der Waals surface area (Å²) in [7, 11) is -3.20. The molecule has 0 radical (unpaired) electrons. The standard InChI is InChI=1S/C6H7O3P.2C6H5.Sn/c7-10(8,9)6-4-2-1-3-5-6;2*1-2-4-6-5-3-1;/h1-5H,(H2,7,8,9);2*1-5H;/q;;;+2/p-2. The van der Waals surface area contributed by atoms with E-state index in [0.29, 0.717) is 5.30 Å². The molecule has 0 saturated carbocycles. The van der Waals surface area contributed by atoms with E-state index >= 15 is 0 Å². The van der Waals surface area contributed by atoms with E-state index in [4.69, 9.17) is 5.72 Å². The fourth-order valence-corrected chi connectivity index (χ4v) is 20.5. The summed E-state index contributed by atoms with van der Waals surface area (Å²) in [5, 5.41) is 0.624. The average Bonchev–Trinajstić information content (AvgIpc) is 2.61. The third-order valence-corrected chi connectivity index (χ3v) is 20.6. The molecule has 0 aliphatic carbocycles. The van der Waals surface area contributed by atoms with Crippen LogP contribution in [0.2, 0.25) is 0 Å². The van der Waals surface area contributed by atoms with E-state index in [-0.39, 0.29) is 0 Å². The van der Waals surface area contributed by atoms with Crippen molar-refractivity contribution in [2.24, 2.45) is 0 Å². The van der Waals surface area contributed by atoms with Gasteiger partial charge in [0.2, 0.25) is 0 Å². The molecule has 0 atom stereocenters. The van der Waals surface area contributed by atoms with E-state index < -0.39 is 26.8 Å². The van der Waals surface area contributed by atoms with Crippen molar-refractivity contribution < 1.29 is 10.3 Å². The van der Waals surface area contributed by atoms with Crippen molar-refractivity contribution in [1.29, 1.82) is 0 Å². The monoisotopic (exact) mass is 430 g/mol. The molecule has 0 N–H and O–H groups in total. The van der Waals surface area contributed by atoms with Crippen molar-refractivity contribution in [2.75, 3.05) is 0 Å². The minimum absolute atomic E-state index is 0.624. The maximum atomic E-state index is 13.0. The van der Waals surface area contributed by atoms with Crippen molar-refractivity contribution in [3.63, 3.8) is 0 Å². The predicted molar refractivity (Wildman–Crippen MR) is 93.8 cm³/mol. The van der Waals surface area contributed by atoms with Crippen LogP contribution in [-0.4, -0.2) is 19.2 Å². The topological polar surface area (TPSA) is 35.5 Å². The van der Waals surface area contributed by atoms with Crippen LogP contribution >= 0.6 is 7.60 Å². The Morgan fingerprint density at radius 3 is 1.43 bits per heavy atom. The normalized spacial score (nSPS) is 18.1. The van der Waals surface area contributed by atoms with Crippen molar-refractivity contribution >= 4 is 39.3 Å². The molecule has 0 bridgehead atoms. The van der Waals surface area contributed by atoms with Crippen molar-refractivity contribution in [3.05, 3.63) is 91.0 Å². The van der Waals surface area contributed by atoms with Gasteiger partial charge < -0.3 is 0 Å². The van der Waals surface area contributed by atoms with Crippen LogP contribution in [0.5, 0.6) is 0 Å². The van der Waals surface area contributed by atoms with E-state index in [9.17, 15) is 4.57 Å². The number of hydrogen-bond acceptors (Lipinski definition) is 3. The molecule has 0 aromatic heterocycles. The minimum atomic E-state index is -3.78. The van der Waals surface area contributed by atoms with Gasteiger partial charge in [0, 0.05) is 0 Å². The van der Waals surface area contributed by atoms with Gasteiger partial charge in [0.15, 0.2) is 0 Å². The molecule has 4 rings (SSSR count). The third-order valence-electron chi connectivity index (χ3n) is 3.88. The Morgan fingerprint density at radius 2 is 1.00 bits per heavy atom. The van der Waals surface area contributed by atoms with Crippen LogP contribution in [0.25, 0.3) is 0 Å². The average molecular weight is 429 g/mol. The summed E-state index contributed by atoms with van der Waals surface area (Å²) in [5.41, 5.74) is 0.